The molecule has 0 aromatic heterocycles. The fraction of sp³-hybridized carbons (Fsp3) is 0.235. The molecule has 0 heterocycles. The van der Waals surface area contributed by atoms with Crippen LogP contribution in [0.15, 0.2) is 131 Å². The fourth-order valence-corrected chi connectivity index (χ4v) is 6.79. The molecule has 242 valence electrons. The maximum atomic E-state index is 13.2. The topological polar surface area (TPSA) is 127 Å². The Morgan fingerprint density at radius 3 is 1.11 bits per heavy atom. The van der Waals surface area contributed by atoms with Crippen molar-refractivity contribution in [3.8, 4) is 0 Å². The molecule has 4 aromatic rings. The van der Waals surface area contributed by atoms with E-state index in [1.807, 2.05) is 60.7 Å². The molecule has 0 unspecified atom stereocenters. The Labute approximate surface area is 269 Å². The van der Waals surface area contributed by atoms with Crippen molar-refractivity contribution >= 4 is 31.5 Å². The highest BCUT2D eigenvalue weighted by Crippen LogP contribution is 2.15. The van der Waals surface area contributed by atoms with Crippen molar-refractivity contribution in [1.29, 1.82) is 0 Å². The lowest BCUT2D eigenvalue weighted by atomic mass is 10.2. The highest BCUT2D eigenvalue weighted by Gasteiger charge is 2.26. The second-order valence-electron chi connectivity index (χ2n) is 10.4. The van der Waals surface area contributed by atoms with Crippen LogP contribution in [0, 0.1) is 0 Å². The Bertz CT molecular complexity index is 1620. The molecule has 0 aliphatic carbocycles. The van der Waals surface area contributed by atoms with Crippen LogP contribution in [0.4, 0.5) is 0 Å². The Balaban J connectivity index is 1.41. The molecule has 0 atom stereocenters. The first-order chi connectivity index (χ1) is 22.1. The van der Waals surface area contributed by atoms with Crippen LogP contribution in [0.3, 0.4) is 0 Å². The van der Waals surface area contributed by atoms with E-state index in [0.717, 1.165) is 21.3 Å². The molecule has 0 radical (unpaired) electrons. The molecule has 0 N–H and O–H groups in total. The molecule has 46 heavy (non-hydrogen) atoms. The van der Waals surface area contributed by atoms with Gasteiger partial charge in [-0.3, -0.25) is 19.3 Å². The summed E-state index contributed by atoms with van der Waals surface area (Å²) in [7, 11) is -7.84. The van der Waals surface area contributed by atoms with E-state index in [2.05, 4.69) is 0 Å². The van der Waals surface area contributed by atoms with Crippen LogP contribution in [0.2, 0.25) is 0 Å². The van der Waals surface area contributed by atoms with E-state index in [9.17, 15) is 26.4 Å². The molecule has 10 nitrogen and oxygen atoms in total. The molecule has 4 rings (SSSR count). The van der Waals surface area contributed by atoms with Crippen LogP contribution in [-0.2, 0) is 52.2 Å². The largest absolute Gasteiger partial charge is 0.271 e. The zero-order valence-electron chi connectivity index (χ0n) is 25.2. The third-order valence-electron chi connectivity index (χ3n) is 6.82. The van der Waals surface area contributed by atoms with Gasteiger partial charge in [0.05, 0.1) is 9.79 Å². The van der Waals surface area contributed by atoms with Crippen molar-refractivity contribution < 1.29 is 36.1 Å². The van der Waals surface area contributed by atoms with E-state index in [1.54, 1.807) is 36.4 Å². The number of rotatable bonds is 17. The van der Waals surface area contributed by atoms with Crippen molar-refractivity contribution in [2.45, 2.75) is 35.8 Å². The molecule has 0 aliphatic heterocycles. The number of carbonyl (C=O) groups excluding carboxylic acids is 2. The maximum Gasteiger partial charge on any atom is 0.261 e. The lowest BCUT2D eigenvalue weighted by Crippen LogP contribution is -2.38. The SMILES string of the molecule is O=C(CS(=O)(=O)c1ccccc1)N(CCCCN(OCc1ccccc1)C(=O)CS(=O)(=O)c1ccccc1)OCc1ccccc1. The fourth-order valence-electron chi connectivity index (χ4n) is 4.38. The van der Waals surface area contributed by atoms with E-state index >= 15 is 0 Å². The number of benzene rings is 4. The molecule has 0 fully saturated rings. The van der Waals surface area contributed by atoms with Gasteiger partial charge in [-0.1, -0.05) is 97.1 Å². The molecule has 2 amide bonds. The van der Waals surface area contributed by atoms with Gasteiger partial charge in [0, 0.05) is 13.1 Å². The minimum atomic E-state index is -3.92. The first-order valence-electron chi connectivity index (χ1n) is 14.6. The van der Waals surface area contributed by atoms with Crippen LogP contribution < -0.4 is 0 Å². The van der Waals surface area contributed by atoms with Gasteiger partial charge >= 0.3 is 0 Å². The molecular weight excluding hydrogens is 629 g/mol. The number of hydroxylamine groups is 4. The summed E-state index contributed by atoms with van der Waals surface area (Å²) in [6.07, 6.45) is 0.603. The van der Waals surface area contributed by atoms with E-state index < -0.39 is 43.0 Å². The monoisotopic (exact) mass is 664 g/mol. The van der Waals surface area contributed by atoms with Crippen molar-refractivity contribution in [3.63, 3.8) is 0 Å². The maximum absolute atomic E-state index is 13.2. The van der Waals surface area contributed by atoms with Gasteiger partial charge in [0.2, 0.25) is 0 Å². The molecule has 0 saturated heterocycles. The van der Waals surface area contributed by atoms with E-state index in [0.29, 0.717) is 12.8 Å². The lowest BCUT2D eigenvalue weighted by Gasteiger charge is -2.24. The number of hydrogen-bond donors (Lipinski definition) is 0. The molecule has 0 bridgehead atoms. The minimum absolute atomic E-state index is 0.0268. The summed E-state index contributed by atoms with van der Waals surface area (Å²) >= 11 is 0. The van der Waals surface area contributed by atoms with E-state index in [1.165, 1.54) is 24.3 Å². The number of nitrogens with zero attached hydrogens (tertiary/aromatic N) is 2. The van der Waals surface area contributed by atoms with Gasteiger partial charge in [-0.2, -0.15) is 0 Å². The average molecular weight is 665 g/mol. The lowest BCUT2D eigenvalue weighted by molar-refractivity contribution is -0.193. The quantitative estimate of drug-likeness (QED) is 0.118. The zero-order valence-corrected chi connectivity index (χ0v) is 26.8. The second-order valence-corrected chi connectivity index (χ2v) is 14.3. The zero-order chi connectivity index (χ0) is 32.8. The number of hydrogen-bond acceptors (Lipinski definition) is 8. The predicted molar refractivity (Wildman–Crippen MR) is 172 cm³/mol. The van der Waals surface area contributed by atoms with E-state index in [-0.39, 0.29) is 36.1 Å². The van der Waals surface area contributed by atoms with Crippen LogP contribution in [-0.4, -0.2) is 63.4 Å². The average Bonchev–Trinajstić information content (AvgIpc) is 3.07. The molecular formula is C34H36N2O8S2. The van der Waals surface area contributed by atoms with Gasteiger partial charge in [-0.15, -0.1) is 0 Å². The second kappa shape index (κ2) is 16.8. The molecule has 0 saturated carbocycles. The van der Waals surface area contributed by atoms with Gasteiger partial charge in [0.15, 0.2) is 19.7 Å². The summed E-state index contributed by atoms with van der Waals surface area (Å²) < 4.78 is 51.6. The Morgan fingerprint density at radius 2 is 0.783 bits per heavy atom. The van der Waals surface area contributed by atoms with Gasteiger partial charge in [0.25, 0.3) is 11.8 Å². The van der Waals surface area contributed by atoms with Crippen molar-refractivity contribution in [2.24, 2.45) is 0 Å². The van der Waals surface area contributed by atoms with Crippen LogP contribution >= 0.6 is 0 Å². The minimum Gasteiger partial charge on any atom is -0.271 e. The summed E-state index contributed by atoms with van der Waals surface area (Å²) in [5.74, 6) is -3.04. The third-order valence-corrected chi connectivity index (χ3v) is 10.1. The highest BCUT2D eigenvalue weighted by molar-refractivity contribution is 7.92. The first-order valence-corrected chi connectivity index (χ1v) is 17.9. The molecule has 0 aliphatic rings. The Morgan fingerprint density at radius 1 is 0.478 bits per heavy atom. The summed E-state index contributed by atoms with van der Waals surface area (Å²) in [4.78, 5) is 38.0. The Hall–Kier alpha value is -4.36. The van der Waals surface area contributed by atoms with Crippen LogP contribution in [0.5, 0.6) is 0 Å². The van der Waals surface area contributed by atoms with Crippen molar-refractivity contribution in [2.75, 3.05) is 24.6 Å². The first kappa shape index (κ1) is 34.5. The van der Waals surface area contributed by atoms with E-state index in [4.69, 9.17) is 9.68 Å². The third kappa shape index (κ3) is 10.6. The van der Waals surface area contributed by atoms with Gasteiger partial charge in [0.1, 0.15) is 24.7 Å². The molecule has 4 aromatic carbocycles. The van der Waals surface area contributed by atoms with Crippen molar-refractivity contribution in [1.82, 2.24) is 10.1 Å². The number of amides is 2. The summed E-state index contributed by atoms with van der Waals surface area (Å²) in [6, 6.07) is 33.7. The normalized spacial score (nSPS) is 11.6. The van der Waals surface area contributed by atoms with Crippen LogP contribution in [0.1, 0.15) is 24.0 Å². The predicted octanol–water partition coefficient (Wildman–Crippen LogP) is 4.64. The number of sulfone groups is 2. The smallest absolute Gasteiger partial charge is 0.261 e. The number of carbonyl (C=O) groups is 2. The molecule has 12 heteroatoms. The van der Waals surface area contributed by atoms with Crippen LogP contribution in [0.25, 0.3) is 0 Å². The Kier molecular flexibility index (Phi) is 12.6. The standard InChI is InChI=1S/C34H36N2O8S2/c37-33(27-45(39,40)31-19-9-3-10-20-31)35(43-25-29-15-5-1-6-16-29)23-13-14-24-36(44-26-30-17-7-2-8-18-30)34(38)28-46(41,42)32-21-11-4-12-22-32/h1-12,15-22H,13-14,23-28H2. The van der Waals surface area contributed by atoms with Gasteiger partial charge in [-0.25, -0.2) is 27.0 Å². The van der Waals surface area contributed by atoms with Crippen molar-refractivity contribution in [3.05, 3.63) is 132 Å². The summed E-state index contributed by atoms with van der Waals surface area (Å²) in [5.41, 5.74) is 1.58. The summed E-state index contributed by atoms with van der Waals surface area (Å²) in [6.45, 7) is 0.137. The molecule has 0 spiro atoms. The van der Waals surface area contributed by atoms with Gasteiger partial charge < -0.3 is 0 Å². The summed E-state index contributed by atoms with van der Waals surface area (Å²) in [5, 5.41) is 2.06. The highest BCUT2D eigenvalue weighted by atomic mass is 32.2. The number of unbranched alkanes of at least 4 members (excludes halogenated alkanes) is 1. The van der Waals surface area contributed by atoms with Gasteiger partial charge in [-0.05, 0) is 48.2 Å².